The summed E-state index contributed by atoms with van der Waals surface area (Å²) in [5.74, 6) is 0.674. The number of aliphatic carboxylic acids is 1. The number of aromatic nitrogens is 2. The molecule has 0 amide bonds. The fourth-order valence-electron chi connectivity index (χ4n) is 2.21. The van der Waals surface area contributed by atoms with Crippen molar-refractivity contribution in [3.05, 3.63) is 60.0 Å². The third-order valence-electron chi connectivity index (χ3n) is 3.49. The fraction of sp³-hybridized carbons (Fsp3) is 0.105. The van der Waals surface area contributed by atoms with Gasteiger partial charge in [-0.2, -0.15) is 4.98 Å². The highest BCUT2D eigenvalue weighted by molar-refractivity contribution is 6.50. The van der Waals surface area contributed by atoms with E-state index in [1.54, 1.807) is 43.5 Å². The zero-order chi connectivity index (χ0) is 19.2. The summed E-state index contributed by atoms with van der Waals surface area (Å²) in [4.78, 5) is 14.8. The van der Waals surface area contributed by atoms with E-state index in [1.807, 2.05) is 18.2 Å². The lowest BCUT2D eigenvalue weighted by molar-refractivity contribution is -0.139. The molecule has 0 unspecified atom stereocenters. The van der Waals surface area contributed by atoms with Gasteiger partial charge in [-0.05, 0) is 35.9 Å². The van der Waals surface area contributed by atoms with Crippen LogP contribution in [0.2, 0.25) is 0 Å². The Hall–Kier alpha value is -3.32. The van der Waals surface area contributed by atoms with Crippen molar-refractivity contribution in [3.8, 4) is 22.9 Å². The molecule has 0 bridgehead atoms. The Balaban J connectivity index is 1.74. The Morgan fingerprint density at radius 3 is 2.70 bits per heavy atom. The first-order chi connectivity index (χ1) is 13.0. The van der Waals surface area contributed by atoms with Gasteiger partial charge in [0.15, 0.2) is 6.61 Å². The second kappa shape index (κ2) is 8.37. The summed E-state index contributed by atoms with van der Waals surface area (Å²) in [6.45, 7) is -0.398. The molecule has 27 heavy (non-hydrogen) atoms. The molecule has 0 aliphatic heterocycles. The Kier molecular flexibility index (Phi) is 5.73. The van der Waals surface area contributed by atoms with Crippen LogP contribution in [-0.4, -0.2) is 34.9 Å². The number of carboxylic acids is 1. The number of benzene rings is 2. The molecule has 0 aliphatic carbocycles. The van der Waals surface area contributed by atoms with Gasteiger partial charge in [0.1, 0.15) is 16.5 Å². The van der Waals surface area contributed by atoms with E-state index in [9.17, 15) is 4.79 Å². The van der Waals surface area contributed by atoms with E-state index in [-0.39, 0.29) is 10.9 Å². The van der Waals surface area contributed by atoms with Crippen molar-refractivity contribution in [2.75, 3.05) is 13.7 Å². The zero-order valence-electron chi connectivity index (χ0n) is 14.3. The van der Waals surface area contributed by atoms with Gasteiger partial charge in [-0.15, -0.1) is 0 Å². The van der Waals surface area contributed by atoms with Crippen molar-refractivity contribution in [1.82, 2.24) is 10.1 Å². The van der Waals surface area contributed by atoms with Crippen LogP contribution in [0.5, 0.6) is 11.5 Å². The van der Waals surface area contributed by atoms with Gasteiger partial charge in [0.05, 0.1) is 7.11 Å². The first-order valence-electron chi connectivity index (χ1n) is 7.85. The molecular weight excluding hydrogens is 372 g/mol. The van der Waals surface area contributed by atoms with Gasteiger partial charge < -0.3 is 19.1 Å². The van der Waals surface area contributed by atoms with Crippen LogP contribution in [0.3, 0.4) is 0 Å². The second-order valence-electron chi connectivity index (χ2n) is 5.40. The van der Waals surface area contributed by atoms with E-state index in [0.717, 1.165) is 11.1 Å². The Morgan fingerprint density at radius 1 is 1.22 bits per heavy atom. The second-order valence-corrected chi connectivity index (χ2v) is 5.81. The lowest BCUT2D eigenvalue weighted by Crippen LogP contribution is -2.09. The Labute approximate surface area is 159 Å². The van der Waals surface area contributed by atoms with Gasteiger partial charge in [0.2, 0.25) is 5.82 Å². The summed E-state index contributed by atoms with van der Waals surface area (Å²) in [6, 6.07) is 14.0. The van der Waals surface area contributed by atoms with Gasteiger partial charge in [0, 0.05) is 5.56 Å². The van der Waals surface area contributed by atoms with Crippen LogP contribution < -0.4 is 9.47 Å². The highest BCUT2D eigenvalue weighted by Gasteiger charge is 2.12. The van der Waals surface area contributed by atoms with E-state index in [4.69, 9.17) is 30.7 Å². The van der Waals surface area contributed by atoms with Crippen LogP contribution in [0.15, 0.2) is 53.1 Å². The van der Waals surface area contributed by atoms with Crippen LogP contribution in [0, 0.1) is 0 Å². The molecule has 138 valence electrons. The molecule has 0 saturated heterocycles. The molecule has 0 spiro atoms. The molecule has 0 radical (unpaired) electrons. The fourth-order valence-corrected chi connectivity index (χ4v) is 2.42. The summed E-state index contributed by atoms with van der Waals surface area (Å²) < 4.78 is 15.5. The maximum Gasteiger partial charge on any atom is 0.341 e. The van der Waals surface area contributed by atoms with E-state index >= 15 is 0 Å². The quantitative estimate of drug-likeness (QED) is 0.656. The highest BCUT2D eigenvalue weighted by Crippen LogP contribution is 2.26. The van der Waals surface area contributed by atoms with Gasteiger partial charge >= 0.3 is 5.97 Å². The molecule has 1 aromatic heterocycles. The summed E-state index contributed by atoms with van der Waals surface area (Å²) in [6.07, 6.45) is 1.66. The maximum absolute atomic E-state index is 10.5. The zero-order valence-corrected chi connectivity index (χ0v) is 15.0. The molecule has 3 aromatic rings. The number of hydrogen-bond acceptors (Lipinski definition) is 6. The van der Waals surface area contributed by atoms with Gasteiger partial charge in [-0.3, -0.25) is 0 Å². The summed E-state index contributed by atoms with van der Waals surface area (Å²) >= 11 is 6.27. The number of carboxylic acid groups (broad SMARTS) is 1. The molecule has 8 heteroatoms. The number of rotatable bonds is 7. The van der Waals surface area contributed by atoms with Crippen molar-refractivity contribution in [2.24, 2.45) is 0 Å². The molecule has 0 saturated carbocycles. The van der Waals surface area contributed by atoms with E-state index < -0.39 is 12.6 Å². The van der Waals surface area contributed by atoms with Crippen molar-refractivity contribution >= 4 is 28.7 Å². The molecule has 3 rings (SSSR count). The topological polar surface area (TPSA) is 94.7 Å². The number of carbonyl (C=O) groups is 1. The highest BCUT2D eigenvalue weighted by atomic mass is 35.5. The summed E-state index contributed by atoms with van der Waals surface area (Å²) in [5.41, 5.74) is 1.51. The maximum atomic E-state index is 10.5. The normalized spacial score (nSPS) is 11.3. The van der Waals surface area contributed by atoms with Crippen LogP contribution >= 0.6 is 11.6 Å². The lowest BCUT2D eigenvalue weighted by atomic mass is 10.2. The van der Waals surface area contributed by atoms with Crippen LogP contribution in [0.1, 0.15) is 11.5 Å². The Bertz CT molecular complexity index is 966. The predicted octanol–water partition coefficient (Wildman–Crippen LogP) is 3.95. The minimum Gasteiger partial charge on any atom is -0.497 e. The van der Waals surface area contributed by atoms with E-state index in [0.29, 0.717) is 17.3 Å². The lowest BCUT2D eigenvalue weighted by Gasteiger charge is -2.03. The molecular formula is C19H15ClN2O5. The van der Waals surface area contributed by atoms with E-state index in [1.165, 1.54) is 0 Å². The molecule has 1 heterocycles. The van der Waals surface area contributed by atoms with Crippen LogP contribution in [0.4, 0.5) is 0 Å². The molecule has 0 atom stereocenters. The smallest absolute Gasteiger partial charge is 0.341 e. The number of ether oxygens (including phenoxy) is 2. The van der Waals surface area contributed by atoms with Crippen LogP contribution in [0.25, 0.3) is 22.5 Å². The number of nitrogens with zero attached hydrogens (tertiary/aromatic N) is 2. The molecule has 2 aromatic carbocycles. The third kappa shape index (κ3) is 4.86. The minimum atomic E-state index is -1.04. The molecule has 0 aliphatic rings. The van der Waals surface area contributed by atoms with Crippen LogP contribution in [-0.2, 0) is 4.79 Å². The van der Waals surface area contributed by atoms with E-state index in [2.05, 4.69) is 10.1 Å². The van der Waals surface area contributed by atoms with Gasteiger partial charge in [-0.25, -0.2) is 4.79 Å². The van der Waals surface area contributed by atoms with Crippen molar-refractivity contribution in [2.45, 2.75) is 0 Å². The monoisotopic (exact) mass is 386 g/mol. The summed E-state index contributed by atoms with van der Waals surface area (Å²) in [7, 11) is 1.58. The third-order valence-corrected chi connectivity index (χ3v) is 3.76. The van der Waals surface area contributed by atoms with Crippen molar-refractivity contribution < 1.29 is 23.9 Å². The largest absolute Gasteiger partial charge is 0.497 e. The average Bonchev–Trinajstić information content (AvgIpc) is 3.18. The SMILES string of the molecule is COc1cccc(-c2noc(/C(Cl)=C/c3ccc(OCC(=O)O)cc3)n2)c1. The molecule has 1 N–H and O–H groups in total. The van der Waals surface area contributed by atoms with Gasteiger partial charge in [0.25, 0.3) is 5.89 Å². The first-order valence-corrected chi connectivity index (χ1v) is 8.23. The number of halogens is 1. The first kappa shape index (κ1) is 18.5. The predicted molar refractivity (Wildman–Crippen MR) is 99.6 cm³/mol. The number of methoxy groups -OCH3 is 1. The summed E-state index contributed by atoms with van der Waals surface area (Å²) in [5, 5.41) is 12.8. The minimum absolute atomic E-state index is 0.181. The molecule has 7 nitrogen and oxygen atoms in total. The molecule has 0 fully saturated rings. The Morgan fingerprint density at radius 2 is 2.00 bits per heavy atom. The average molecular weight is 387 g/mol. The number of hydrogen-bond donors (Lipinski definition) is 1. The van der Waals surface area contributed by atoms with Crippen molar-refractivity contribution in [1.29, 1.82) is 0 Å². The van der Waals surface area contributed by atoms with Gasteiger partial charge in [-0.1, -0.05) is 41.0 Å². The van der Waals surface area contributed by atoms with Crippen molar-refractivity contribution in [3.63, 3.8) is 0 Å². The standard InChI is InChI=1S/C19H15ClN2O5/c1-25-15-4-2-3-13(10-15)18-21-19(27-22-18)16(20)9-12-5-7-14(8-6-12)26-11-17(23)24/h2-10H,11H2,1H3,(H,23,24)/b16-9-.